The first kappa shape index (κ1) is 15.1. The molecule has 2 nitrogen and oxygen atoms in total. The predicted molar refractivity (Wildman–Crippen MR) is 70.3 cm³/mol. The summed E-state index contributed by atoms with van der Waals surface area (Å²) < 4.78 is 51.4. The Morgan fingerprint density at radius 1 is 1.30 bits per heavy atom. The second kappa shape index (κ2) is 5.99. The van der Waals surface area contributed by atoms with Crippen molar-refractivity contribution in [1.29, 1.82) is 0 Å². The second-order valence-corrected chi connectivity index (χ2v) is 5.00. The highest BCUT2D eigenvalue weighted by Crippen LogP contribution is 2.34. The van der Waals surface area contributed by atoms with E-state index in [9.17, 15) is 17.6 Å². The fourth-order valence-electron chi connectivity index (χ4n) is 2.46. The van der Waals surface area contributed by atoms with E-state index in [-0.39, 0.29) is 0 Å². The lowest BCUT2D eigenvalue weighted by Crippen LogP contribution is -2.30. The molecule has 1 aliphatic heterocycles. The molecule has 6 heteroatoms. The fourth-order valence-corrected chi connectivity index (χ4v) is 2.46. The van der Waals surface area contributed by atoms with Gasteiger partial charge in [0.1, 0.15) is 5.82 Å². The Morgan fingerprint density at radius 2 is 2.05 bits per heavy atom. The zero-order chi connectivity index (χ0) is 14.8. The number of hydrogen-bond donors (Lipinski definition) is 1. The smallest absolute Gasteiger partial charge is 0.370 e. The van der Waals surface area contributed by atoms with E-state index >= 15 is 0 Å². The summed E-state index contributed by atoms with van der Waals surface area (Å²) in [6.07, 6.45) is -2.80. The van der Waals surface area contributed by atoms with Crippen LogP contribution in [-0.4, -0.2) is 25.7 Å². The SMILES string of the molecule is CCC1CCN(c2ccc(F)c(C(F)(F)F)c2)CCN1. The predicted octanol–water partition coefficient (Wildman–Crippen LogP) is 3.42. The van der Waals surface area contributed by atoms with Crippen LogP contribution in [0.25, 0.3) is 0 Å². The van der Waals surface area contributed by atoms with Gasteiger partial charge in [-0.05, 0) is 31.0 Å². The van der Waals surface area contributed by atoms with E-state index in [0.29, 0.717) is 24.8 Å². The lowest BCUT2D eigenvalue weighted by atomic mass is 10.1. The molecule has 1 atom stereocenters. The Balaban J connectivity index is 2.20. The minimum absolute atomic E-state index is 0.391. The largest absolute Gasteiger partial charge is 0.419 e. The number of anilines is 1. The van der Waals surface area contributed by atoms with Gasteiger partial charge >= 0.3 is 6.18 Å². The van der Waals surface area contributed by atoms with E-state index in [4.69, 9.17) is 0 Å². The molecule has 0 bridgehead atoms. The van der Waals surface area contributed by atoms with Crippen LogP contribution in [0.15, 0.2) is 18.2 Å². The molecule has 0 amide bonds. The van der Waals surface area contributed by atoms with Gasteiger partial charge in [-0.25, -0.2) is 4.39 Å². The maximum Gasteiger partial charge on any atom is 0.419 e. The molecule has 0 aliphatic carbocycles. The average molecular weight is 290 g/mol. The highest BCUT2D eigenvalue weighted by Gasteiger charge is 2.34. The molecule has 1 aromatic rings. The summed E-state index contributed by atoms with van der Waals surface area (Å²) in [7, 11) is 0. The van der Waals surface area contributed by atoms with Crippen LogP contribution < -0.4 is 10.2 Å². The summed E-state index contributed by atoms with van der Waals surface area (Å²) in [5.41, 5.74) is -0.767. The summed E-state index contributed by atoms with van der Waals surface area (Å²) in [5.74, 6) is -1.22. The lowest BCUT2D eigenvalue weighted by Gasteiger charge is -2.23. The molecule has 1 unspecified atom stereocenters. The van der Waals surface area contributed by atoms with Gasteiger partial charge in [0.25, 0.3) is 0 Å². The molecule has 1 aromatic carbocycles. The van der Waals surface area contributed by atoms with Crippen LogP contribution >= 0.6 is 0 Å². The monoisotopic (exact) mass is 290 g/mol. The first-order chi connectivity index (χ1) is 9.41. The molecule has 1 fully saturated rings. The van der Waals surface area contributed by atoms with Crippen molar-refractivity contribution in [3.8, 4) is 0 Å². The molecule has 0 spiro atoms. The van der Waals surface area contributed by atoms with Crippen molar-refractivity contribution < 1.29 is 17.6 Å². The van der Waals surface area contributed by atoms with E-state index in [0.717, 1.165) is 31.5 Å². The zero-order valence-electron chi connectivity index (χ0n) is 11.3. The van der Waals surface area contributed by atoms with Crippen LogP contribution in [-0.2, 0) is 6.18 Å². The molecule has 0 saturated carbocycles. The van der Waals surface area contributed by atoms with Crippen molar-refractivity contribution in [2.45, 2.75) is 32.0 Å². The van der Waals surface area contributed by atoms with E-state index in [1.807, 2.05) is 4.90 Å². The minimum Gasteiger partial charge on any atom is -0.370 e. The van der Waals surface area contributed by atoms with Crippen molar-refractivity contribution in [3.63, 3.8) is 0 Å². The molecule has 2 rings (SSSR count). The van der Waals surface area contributed by atoms with Gasteiger partial charge in [0.15, 0.2) is 0 Å². The molecule has 1 N–H and O–H groups in total. The Bertz CT molecular complexity index is 459. The van der Waals surface area contributed by atoms with Crippen molar-refractivity contribution in [1.82, 2.24) is 5.32 Å². The second-order valence-electron chi connectivity index (χ2n) is 5.00. The molecule has 1 aliphatic rings. The van der Waals surface area contributed by atoms with Gasteiger partial charge in [0, 0.05) is 31.4 Å². The number of nitrogens with one attached hydrogen (secondary N) is 1. The van der Waals surface area contributed by atoms with Gasteiger partial charge < -0.3 is 10.2 Å². The Labute approximate surface area is 115 Å². The third-order valence-corrected chi connectivity index (χ3v) is 3.68. The Kier molecular flexibility index (Phi) is 4.52. The third kappa shape index (κ3) is 3.42. The van der Waals surface area contributed by atoms with Crippen molar-refractivity contribution in [3.05, 3.63) is 29.6 Å². The van der Waals surface area contributed by atoms with Crippen LogP contribution in [0.3, 0.4) is 0 Å². The number of alkyl halides is 3. The van der Waals surface area contributed by atoms with Gasteiger partial charge in [0.05, 0.1) is 5.56 Å². The number of halogens is 4. The molecule has 1 saturated heterocycles. The van der Waals surface area contributed by atoms with Crippen LogP contribution in [0.4, 0.5) is 23.2 Å². The van der Waals surface area contributed by atoms with Crippen molar-refractivity contribution >= 4 is 5.69 Å². The van der Waals surface area contributed by atoms with Crippen LogP contribution in [0.5, 0.6) is 0 Å². The standard InChI is InChI=1S/C14H18F4N2/c1-2-10-5-7-20(8-6-19-10)11-3-4-13(15)12(9-11)14(16,17)18/h3-4,9-10,19H,2,5-8H2,1H3. The molecule has 112 valence electrons. The van der Waals surface area contributed by atoms with Crippen molar-refractivity contribution in [2.75, 3.05) is 24.5 Å². The Hall–Kier alpha value is -1.30. The van der Waals surface area contributed by atoms with Crippen LogP contribution in [0, 0.1) is 5.82 Å². The first-order valence-electron chi connectivity index (χ1n) is 6.77. The molecule has 0 aromatic heterocycles. The Morgan fingerprint density at radius 3 is 2.70 bits per heavy atom. The van der Waals surface area contributed by atoms with E-state index in [1.165, 1.54) is 6.07 Å². The van der Waals surface area contributed by atoms with Crippen LogP contribution in [0.1, 0.15) is 25.3 Å². The summed E-state index contributed by atoms with van der Waals surface area (Å²) in [6.45, 7) is 4.10. The maximum absolute atomic E-state index is 13.3. The van der Waals surface area contributed by atoms with Gasteiger partial charge in [-0.15, -0.1) is 0 Å². The highest BCUT2D eigenvalue weighted by atomic mass is 19.4. The molecular formula is C14H18F4N2. The number of rotatable bonds is 2. The van der Waals surface area contributed by atoms with Gasteiger partial charge in [-0.2, -0.15) is 13.2 Å². The van der Waals surface area contributed by atoms with E-state index < -0.39 is 17.6 Å². The van der Waals surface area contributed by atoms with E-state index in [2.05, 4.69) is 12.2 Å². The quantitative estimate of drug-likeness (QED) is 0.840. The molecule has 0 radical (unpaired) electrons. The summed E-state index contributed by atoms with van der Waals surface area (Å²) >= 11 is 0. The number of hydrogen-bond acceptors (Lipinski definition) is 2. The molecular weight excluding hydrogens is 272 g/mol. The lowest BCUT2D eigenvalue weighted by molar-refractivity contribution is -0.139. The topological polar surface area (TPSA) is 15.3 Å². The fraction of sp³-hybridized carbons (Fsp3) is 0.571. The third-order valence-electron chi connectivity index (χ3n) is 3.68. The number of benzene rings is 1. The summed E-state index contributed by atoms with van der Waals surface area (Å²) in [4.78, 5) is 1.87. The summed E-state index contributed by atoms with van der Waals surface area (Å²) in [5, 5.41) is 3.35. The average Bonchev–Trinajstić information content (AvgIpc) is 2.63. The van der Waals surface area contributed by atoms with Crippen molar-refractivity contribution in [2.24, 2.45) is 0 Å². The minimum atomic E-state index is -4.66. The first-order valence-corrected chi connectivity index (χ1v) is 6.77. The number of nitrogens with zero attached hydrogens (tertiary/aromatic N) is 1. The normalized spacial score (nSPS) is 20.9. The van der Waals surface area contributed by atoms with Gasteiger partial charge in [0.2, 0.25) is 0 Å². The maximum atomic E-state index is 13.3. The zero-order valence-corrected chi connectivity index (χ0v) is 11.3. The van der Waals surface area contributed by atoms with Gasteiger partial charge in [-0.3, -0.25) is 0 Å². The van der Waals surface area contributed by atoms with E-state index in [1.54, 1.807) is 0 Å². The molecule has 20 heavy (non-hydrogen) atoms. The van der Waals surface area contributed by atoms with Gasteiger partial charge in [-0.1, -0.05) is 6.92 Å². The summed E-state index contributed by atoms with van der Waals surface area (Å²) in [6, 6.07) is 3.61. The highest BCUT2D eigenvalue weighted by molar-refractivity contribution is 5.50. The molecule has 1 heterocycles. The van der Waals surface area contributed by atoms with Crippen LogP contribution in [0.2, 0.25) is 0 Å².